The average Bonchev–Trinajstić information content (AvgIpc) is 2.95. The van der Waals surface area contributed by atoms with E-state index in [9.17, 15) is 19.1 Å². The summed E-state index contributed by atoms with van der Waals surface area (Å²) in [6.07, 6.45) is 0. The number of rotatable bonds is 6. The second-order valence-corrected chi connectivity index (χ2v) is 6.32. The van der Waals surface area contributed by atoms with Crippen LogP contribution in [0.1, 0.15) is 5.56 Å². The molecule has 1 saturated heterocycles. The highest BCUT2D eigenvalue weighted by Gasteiger charge is 2.33. The monoisotopic (exact) mass is 363 g/mol. The van der Waals surface area contributed by atoms with Gasteiger partial charge in [-0.2, -0.15) is 0 Å². The summed E-state index contributed by atoms with van der Waals surface area (Å²) in [5, 5.41) is 12.7. The molecule has 0 aliphatic carbocycles. The molecule has 7 nitrogen and oxygen atoms in total. The number of carbonyl (C=O) groups is 2. The van der Waals surface area contributed by atoms with Crippen LogP contribution in [0.5, 0.6) is 0 Å². The predicted molar refractivity (Wildman–Crippen MR) is 91.7 cm³/mol. The Hall–Kier alpha value is -2.45. The molecule has 8 heteroatoms. The molecule has 0 radical (unpaired) electrons. The number of hydrogen-bond donors (Lipinski definition) is 2. The van der Waals surface area contributed by atoms with Crippen molar-refractivity contribution in [1.29, 1.82) is 0 Å². The summed E-state index contributed by atoms with van der Waals surface area (Å²) in [4.78, 5) is 28.1. The van der Waals surface area contributed by atoms with Gasteiger partial charge < -0.3 is 20.1 Å². The molecule has 2 aliphatic heterocycles. The fourth-order valence-electron chi connectivity index (χ4n) is 2.95. The van der Waals surface area contributed by atoms with Gasteiger partial charge in [-0.1, -0.05) is 12.1 Å². The molecule has 26 heavy (non-hydrogen) atoms. The largest absolute Gasteiger partial charge is 0.503 e. The summed E-state index contributed by atoms with van der Waals surface area (Å²) < 4.78 is 18.2. The van der Waals surface area contributed by atoms with Gasteiger partial charge in [-0.3, -0.25) is 14.5 Å². The van der Waals surface area contributed by atoms with E-state index in [1.54, 1.807) is 12.1 Å². The highest BCUT2D eigenvalue weighted by Crippen LogP contribution is 2.17. The van der Waals surface area contributed by atoms with E-state index < -0.39 is 17.6 Å². The third-order valence-corrected chi connectivity index (χ3v) is 4.55. The van der Waals surface area contributed by atoms with Crippen LogP contribution in [0.25, 0.3) is 0 Å². The lowest BCUT2D eigenvalue weighted by Crippen LogP contribution is -2.42. The van der Waals surface area contributed by atoms with Gasteiger partial charge in [-0.25, -0.2) is 4.39 Å². The van der Waals surface area contributed by atoms with Gasteiger partial charge in [0.2, 0.25) is 0 Å². The first-order valence-electron chi connectivity index (χ1n) is 8.58. The molecule has 2 aliphatic rings. The third-order valence-electron chi connectivity index (χ3n) is 4.55. The fraction of sp³-hybridized carbons (Fsp3) is 0.444. The van der Waals surface area contributed by atoms with Crippen LogP contribution < -0.4 is 5.32 Å². The van der Waals surface area contributed by atoms with E-state index in [-0.39, 0.29) is 24.5 Å². The molecule has 140 valence electrons. The molecule has 2 heterocycles. The maximum atomic E-state index is 12.9. The zero-order chi connectivity index (χ0) is 18.5. The first kappa shape index (κ1) is 18.3. The van der Waals surface area contributed by atoms with Crippen LogP contribution in [0.15, 0.2) is 35.6 Å². The highest BCUT2D eigenvalue weighted by molar-refractivity contribution is 6.06. The maximum Gasteiger partial charge on any atom is 0.289 e. The van der Waals surface area contributed by atoms with Crippen molar-refractivity contribution >= 4 is 11.8 Å². The normalized spacial score (nSPS) is 18.5. The number of halogens is 1. The van der Waals surface area contributed by atoms with Gasteiger partial charge in [0.25, 0.3) is 11.8 Å². The van der Waals surface area contributed by atoms with Crippen LogP contribution in [-0.2, 0) is 20.9 Å². The molecular formula is C18H22FN3O4. The molecule has 0 spiro atoms. The minimum atomic E-state index is -0.523. The number of carbonyl (C=O) groups excluding carboxylic acids is 2. The molecule has 1 aromatic rings. The molecule has 0 aromatic heterocycles. The van der Waals surface area contributed by atoms with E-state index in [4.69, 9.17) is 4.74 Å². The summed E-state index contributed by atoms with van der Waals surface area (Å²) in [7, 11) is 0. The summed E-state index contributed by atoms with van der Waals surface area (Å²) in [5.41, 5.74) is 0.799. The number of hydrogen-bond acceptors (Lipinski definition) is 5. The average molecular weight is 363 g/mol. The van der Waals surface area contributed by atoms with Crippen LogP contribution in [0.4, 0.5) is 4.39 Å². The molecule has 0 saturated carbocycles. The van der Waals surface area contributed by atoms with Crippen LogP contribution in [0, 0.1) is 5.82 Å². The van der Waals surface area contributed by atoms with Crippen molar-refractivity contribution in [2.24, 2.45) is 0 Å². The Morgan fingerprint density at radius 3 is 2.58 bits per heavy atom. The van der Waals surface area contributed by atoms with E-state index in [1.807, 2.05) is 0 Å². The highest BCUT2D eigenvalue weighted by atomic mass is 19.1. The standard InChI is InChI=1S/C18H22FN3O4/c19-14-3-1-13(2-4-14)11-20-17(24)15-12-22(18(25)16(15)23)6-5-21-7-9-26-10-8-21/h1-4,23H,5-12H2,(H,20,24). The topological polar surface area (TPSA) is 82.1 Å². The van der Waals surface area contributed by atoms with Crippen molar-refractivity contribution in [1.82, 2.24) is 15.1 Å². The number of nitrogens with one attached hydrogen (secondary N) is 1. The Balaban J connectivity index is 1.51. The van der Waals surface area contributed by atoms with Crippen molar-refractivity contribution in [2.75, 3.05) is 45.9 Å². The van der Waals surface area contributed by atoms with Crippen LogP contribution in [-0.4, -0.2) is 72.7 Å². The minimum Gasteiger partial charge on any atom is -0.503 e. The van der Waals surface area contributed by atoms with Gasteiger partial charge in [0.1, 0.15) is 5.82 Å². The summed E-state index contributed by atoms with van der Waals surface area (Å²) in [6.45, 7) is 4.37. The lowest BCUT2D eigenvalue weighted by atomic mass is 10.2. The predicted octanol–water partition coefficient (Wildman–Crippen LogP) is 0.428. The van der Waals surface area contributed by atoms with E-state index in [2.05, 4.69) is 10.2 Å². The van der Waals surface area contributed by atoms with E-state index >= 15 is 0 Å². The van der Waals surface area contributed by atoms with Crippen LogP contribution >= 0.6 is 0 Å². The molecular weight excluding hydrogens is 341 g/mol. The van der Waals surface area contributed by atoms with E-state index in [0.29, 0.717) is 26.3 Å². The molecule has 2 N–H and O–H groups in total. The van der Waals surface area contributed by atoms with Gasteiger partial charge in [-0.15, -0.1) is 0 Å². The maximum absolute atomic E-state index is 12.9. The van der Waals surface area contributed by atoms with Crippen LogP contribution in [0.3, 0.4) is 0 Å². The fourth-order valence-corrected chi connectivity index (χ4v) is 2.95. The van der Waals surface area contributed by atoms with Gasteiger partial charge in [0, 0.05) is 32.7 Å². The molecule has 2 amide bonds. The smallest absolute Gasteiger partial charge is 0.289 e. The second-order valence-electron chi connectivity index (χ2n) is 6.32. The number of amides is 2. The van der Waals surface area contributed by atoms with Crippen LogP contribution in [0.2, 0.25) is 0 Å². The zero-order valence-corrected chi connectivity index (χ0v) is 14.4. The van der Waals surface area contributed by atoms with Gasteiger partial charge in [0.05, 0.1) is 25.3 Å². The molecule has 0 atom stereocenters. The van der Waals surface area contributed by atoms with Crippen molar-refractivity contribution in [3.8, 4) is 0 Å². The molecule has 0 unspecified atom stereocenters. The lowest BCUT2D eigenvalue weighted by Gasteiger charge is -2.28. The van der Waals surface area contributed by atoms with Crippen molar-refractivity contribution in [3.63, 3.8) is 0 Å². The number of morpholine rings is 1. The Morgan fingerprint density at radius 2 is 1.88 bits per heavy atom. The number of ether oxygens (including phenoxy) is 1. The zero-order valence-electron chi connectivity index (χ0n) is 14.4. The Bertz CT molecular complexity index is 699. The number of aliphatic hydroxyl groups excluding tert-OH is 1. The number of nitrogens with zero attached hydrogens (tertiary/aromatic N) is 2. The van der Waals surface area contributed by atoms with Gasteiger partial charge in [0.15, 0.2) is 5.76 Å². The van der Waals surface area contributed by atoms with Crippen molar-refractivity contribution in [3.05, 3.63) is 47.0 Å². The van der Waals surface area contributed by atoms with Gasteiger partial charge in [-0.05, 0) is 17.7 Å². The van der Waals surface area contributed by atoms with E-state index in [1.165, 1.54) is 17.0 Å². The first-order valence-corrected chi connectivity index (χ1v) is 8.58. The van der Waals surface area contributed by atoms with Crippen molar-refractivity contribution in [2.45, 2.75) is 6.54 Å². The SMILES string of the molecule is O=C(NCc1ccc(F)cc1)C1=C(O)C(=O)N(CCN2CCOCC2)C1. The lowest BCUT2D eigenvalue weighted by molar-refractivity contribution is -0.128. The van der Waals surface area contributed by atoms with Gasteiger partial charge >= 0.3 is 0 Å². The summed E-state index contributed by atoms with van der Waals surface area (Å²) in [6, 6.07) is 5.76. The summed E-state index contributed by atoms with van der Waals surface area (Å²) >= 11 is 0. The second kappa shape index (κ2) is 8.29. The molecule has 1 fully saturated rings. The Morgan fingerprint density at radius 1 is 1.19 bits per heavy atom. The summed E-state index contributed by atoms with van der Waals surface area (Å²) in [5.74, 6) is -1.86. The molecule has 1 aromatic carbocycles. The number of benzene rings is 1. The van der Waals surface area contributed by atoms with Crippen molar-refractivity contribution < 1.29 is 23.8 Å². The Labute approximate surface area is 151 Å². The third kappa shape index (κ3) is 4.39. The van der Waals surface area contributed by atoms with E-state index in [0.717, 1.165) is 18.7 Å². The Kier molecular flexibility index (Phi) is 5.85. The molecule has 0 bridgehead atoms. The first-order chi connectivity index (χ1) is 12.5. The number of aliphatic hydroxyl groups is 1. The minimum absolute atomic E-state index is 0.0686. The quantitative estimate of drug-likeness (QED) is 0.766. The molecule has 3 rings (SSSR count).